The topological polar surface area (TPSA) is 200 Å². The van der Waals surface area contributed by atoms with Gasteiger partial charge in [-0.3, -0.25) is 9.36 Å². The molecule has 1 fully saturated rings. The van der Waals surface area contributed by atoms with E-state index < -0.39 is 43.0 Å². The molecule has 5 atom stereocenters. The number of aliphatic hydroxyl groups is 3. The van der Waals surface area contributed by atoms with Gasteiger partial charge in [0, 0.05) is 16.8 Å². The first-order valence-corrected chi connectivity index (χ1v) is 10.9. The molecule has 4 aromatic rings. The zero-order valence-electron chi connectivity index (χ0n) is 18.0. The van der Waals surface area contributed by atoms with E-state index in [0.29, 0.717) is 16.1 Å². The van der Waals surface area contributed by atoms with Crippen molar-refractivity contribution in [2.24, 2.45) is 5.73 Å². The van der Waals surface area contributed by atoms with E-state index in [-0.39, 0.29) is 22.9 Å². The van der Waals surface area contributed by atoms with E-state index in [1.165, 1.54) is 21.8 Å². The maximum Gasteiger partial charge on any atom is 0.254 e. The van der Waals surface area contributed by atoms with Crippen molar-refractivity contribution < 1.29 is 24.9 Å². The number of halogens is 1. The summed E-state index contributed by atoms with van der Waals surface area (Å²) in [5.74, 6) is -1.26. The molecule has 1 aliphatic heterocycles. The van der Waals surface area contributed by atoms with Crippen LogP contribution in [0.25, 0.3) is 17.1 Å². The maximum absolute atomic E-state index is 12.2. The first kappa shape index (κ1) is 23.1. The van der Waals surface area contributed by atoms with Crippen LogP contribution in [0.5, 0.6) is 0 Å². The Kier molecular flexibility index (Phi) is 5.86. The number of nitrogens with zero attached hydrogens (tertiary/aromatic N) is 6. The van der Waals surface area contributed by atoms with Gasteiger partial charge in [0.15, 0.2) is 17.7 Å². The fourth-order valence-electron chi connectivity index (χ4n) is 4.10. The van der Waals surface area contributed by atoms with Gasteiger partial charge in [0.05, 0.1) is 25.0 Å². The van der Waals surface area contributed by atoms with E-state index in [2.05, 4.69) is 20.1 Å². The largest absolute Gasteiger partial charge is 0.394 e. The molecule has 182 valence electrons. The summed E-state index contributed by atoms with van der Waals surface area (Å²) in [7, 11) is 0. The average molecular weight is 501 g/mol. The van der Waals surface area contributed by atoms with Gasteiger partial charge in [-0.1, -0.05) is 23.7 Å². The predicted octanol–water partition coefficient (Wildman–Crippen LogP) is -0.524. The van der Waals surface area contributed by atoms with Crippen LogP contribution < -0.4 is 11.5 Å². The minimum absolute atomic E-state index is 0.0386. The molecule has 4 heterocycles. The van der Waals surface area contributed by atoms with E-state index in [1.54, 1.807) is 30.5 Å². The number of anilines is 1. The maximum atomic E-state index is 12.2. The number of nitrogens with two attached hydrogens (primary N) is 2. The number of carbonyl (C=O) groups is 1. The minimum Gasteiger partial charge on any atom is -0.394 e. The number of imidazole rings is 1. The SMILES string of the molecule is NC(=O)C(c1ccc(Cl)cc1)c1cnn(-c2nc(N)c3ncn([C@@H]4O[C@H](CO)[C@@H](O)[C@@H]4O)c3n2)c1. The fourth-order valence-corrected chi connectivity index (χ4v) is 4.22. The second-order valence-corrected chi connectivity index (χ2v) is 8.50. The molecule has 5 rings (SSSR count). The number of aromatic nitrogens is 6. The molecule has 0 radical (unpaired) electrons. The first-order valence-electron chi connectivity index (χ1n) is 10.5. The van der Waals surface area contributed by atoms with Crippen LogP contribution in [-0.2, 0) is 9.53 Å². The van der Waals surface area contributed by atoms with Crippen molar-refractivity contribution in [2.75, 3.05) is 12.3 Å². The highest BCUT2D eigenvalue weighted by atomic mass is 35.5. The molecular weight excluding hydrogens is 480 g/mol. The number of hydrogen-bond acceptors (Lipinski definition) is 10. The van der Waals surface area contributed by atoms with Crippen molar-refractivity contribution in [3.8, 4) is 5.95 Å². The summed E-state index contributed by atoms with van der Waals surface area (Å²) in [6.45, 7) is -0.478. The van der Waals surface area contributed by atoms with Crippen molar-refractivity contribution in [1.82, 2.24) is 29.3 Å². The Bertz CT molecular complexity index is 1390. The standard InChI is InChI=1S/C21H21ClN8O5/c22-11-3-1-9(2-4-11)13(18(24)34)10-5-26-30(6-10)21-27-17(23)14-19(28-21)29(8-25-14)20-16(33)15(32)12(7-31)35-20/h1-6,8,12-13,15-16,20,31-33H,7H2,(H2,24,34)(H2,23,27,28)/t12-,13?,15-,16+,20-/m1/s1. The number of nitrogen functional groups attached to an aromatic ring is 1. The molecule has 0 bridgehead atoms. The second kappa shape index (κ2) is 8.87. The zero-order chi connectivity index (χ0) is 24.9. The third-order valence-corrected chi connectivity index (χ3v) is 6.11. The summed E-state index contributed by atoms with van der Waals surface area (Å²) < 4.78 is 8.30. The Morgan fingerprint density at radius 1 is 1.17 bits per heavy atom. The van der Waals surface area contributed by atoms with Crippen LogP contribution in [0.2, 0.25) is 5.02 Å². The van der Waals surface area contributed by atoms with Gasteiger partial charge in [-0.25, -0.2) is 9.67 Å². The fraction of sp³-hybridized carbons (Fsp3) is 0.286. The highest BCUT2D eigenvalue weighted by Crippen LogP contribution is 2.32. The number of carbonyl (C=O) groups excluding carboxylic acids is 1. The summed E-state index contributed by atoms with van der Waals surface area (Å²) in [6.07, 6.45) is -0.304. The Hall–Kier alpha value is -3.62. The summed E-state index contributed by atoms with van der Waals surface area (Å²) >= 11 is 5.95. The quantitative estimate of drug-likeness (QED) is 0.229. The smallest absolute Gasteiger partial charge is 0.254 e. The van der Waals surface area contributed by atoms with Gasteiger partial charge < -0.3 is 31.5 Å². The van der Waals surface area contributed by atoms with E-state index >= 15 is 0 Å². The predicted molar refractivity (Wildman–Crippen MR) is 122 cm³/mol. The molecule has 14 heteroatoms. The molecule has 35 heavy (non-hydrogen) atoms. The van der Waals surface area contributed by atoms with Gasteiger partial charge >= 0.3 is 0 Å². The number of hydrogen-bond donors (Lipinski definition) is 5. The van der Waals surface area contributed by atoms with Crippen LogP contribution in [0.3, 0.4) is 0 Å². The average Bonchev–Trinajstić information content (AvgIpc) is 3.54. The van der Waals surface area contributed by atoms with E-state index in [4.69, 9.17) is 27.8 Å². The summed E-state index contributed by atoms with van der Waals surface area (Å²) in [5, 5.41) is 34.7. The molecular formula is C21H21ClN8O5. The van der Waals surface area contributed by atoms with Gasteiger partial charge in [0.25, 0.3) is 5.95 Å². The Balaban J connectivity index is 1.53. The monoisotopic (exact) mass is 500 g/mol. The minimum atomic E-state index is -1.34. The van der Waals surface area contributed by atoms with E-state index in [0.717, 1.165) is 0 Å². The van der Waals surface area contributed by atoms with Crippen LogP contribution in [-0.4, -0.2) is 75.4 Å². The molecule has 1 saturated heterocycles. The molecule has 1 aromatic carbocycles. The number of aliphatic hydroxyl groups excluding tert-OH is 3. The highest BCUT2D eigenvalue weighted by Gasteiger charge is 2.44. The van der Waals surface area contributed by atoms with Crippen LogP contribution in [0.1, 0.15) is 23.3 Å². The molecule has 13 nitrogen and oxygen atoms in total. The molecule has 0 saturated carbocycles. The molecule has 3 aromatic heterocycles. The molecule has 1 aliphatic rings. The number of primary amides is 1. The molecule has 0 spiro atoms. The van der Waals surface area contributed by atoms with E-state index in [9.17, 15) is 20.1 Å². The third kappa shape index (κ3) is 3.98. The Labute approximate surface area is 202 Å². The lowest BCUT2D eigenvalue weighted by Gasteiger charge is -2.16. The summed E-state index contributed by atoms with van der Waals surface area (Å²) in [5.41, 5.74) is 13.3. The first-order chi connectivity index (χ1) is 16.8. The normalized spacial score (nSPS) is 23.1. The molecule has 1 unspecified atom stereocenters. The number of ether oxygens (including phenoxy) is 1. The summed E-state index contributed by atoms with van der Waals surface area (Å²) in [4.78, 5) is 25.1. The van der Waals surface area contributed by atoms with Gasteiger partial charge in [-0.05, 0) is 17.7 Å². The van der Waals surface area contributed by atoms with Crippen LogP contribution in [0.15, 0.2) is 43.0 Å². The van der Waals surface area contributed by atoms with Crippen molar-refractivity contribution in [1.29, 1.82) is 0 Å². The number of rotatable bonds is 6. The van der Waals surface area contributed by atoms with Gasteiger partial charge in [0.1, 0.15) is 23.8 Å². The van der Waals surface area contributed by atoms with Crippen molar-refractivity contribution in [3.63, 3.8) is 0 Å². The zero-order valence-corrected chi connectivity index (χ0v) is 18.8. The lowest BCUT2D eigenvalue weighted by atomic mass is 9.93. The lowest BCUT2D eigenvalue weighted by Crippen LogP contribution is -2.33. The summed E-state index contributed by atoms with van der Waals surface area (Å²) in [6, 6.07) is 6.73. The molecule has 1 amide bonds. The van der Waals surface area contributed by atoms with Crippen molar-refractivity contribution in [2.45, 2.75) is 30.5 Å². The third-order valence-electron chi connectivity index (χ3n) is 5.86. The van der Waals surface area contributed by atoms with E-state index in [1.807, 2.05) is 0 Å². The highest BCUT2D eigenvalue weighted by molar-refractivity contribution is 6.30. The molecule has 7 N–H and O–H groups in total. The van der Waals surface area contributed by atoms with Crippen LogP contribution >= 0.6 is 11.6 Å². The number of benzene rings is 1. The van der Waals surface area contributed by atoms with Crippen molar-refractivity contribution in [3.05, 3.63) is 59.1 Å². The lowest BCUT2D eigenvalue weighted by molar-refractivity contribution is -0.118. The van der Waals surface area contributed by atoms with Gasteiger partial charge in [0.2, 0.25) is 5.91 Å². The van der Waals surface area contributed by atoms with Crippen LogP contribution in [0, 0.1) is 0 Å². The van der Waals surface area contributed by atoms with Gasteiger partial charge in [-0.2, -0.15) is 15.1 Å². The van der Waals surface area contributed by atoms with Gasteiger partial charge in [-0.15, -0.1) is 0 Å². The Morgan fingerprint density at radius 3 is 2.57 bits per heavy atom. The van der Waals surface area contributed by atoms with Crippen LogP contribution in [0.4, 0.5) is 5.82 Å². The number of amides is 1. The second-order valence-electron chi connectivity index (χ2n) is 8.07. The Morgan fingerprint density at radius 2 is 1.91 bits per heavy atom. The molecule has 0 aliphatic carbocycles. The number of fused-ring (bicyclic) bond motifs is 1. The van der Waals surface area contributed by atoms with Crippen molar-refractivity contribution >= 4 is 34.5 Å².